The lowest BCUT2D eigenvalue weighted by atomic mass is 10.2. The lowest BCUT2D eigenvalue weighted by Crippen LogP contribution is -3.08. The highest BCUT2D eigenvalue weighted by molar-refractivity contribution is 5.31. The minimum Gasteiger partial charge on any atom is -0.494 e. The number of hydrogen-bond acceptors (Lipinski definition) is 2. The minimum atomic E-state index is 0.688. The van der Waals surface area contributed by atoms with Crippen molar-refractivity contribution in [1.82, 2.24) is 0 Å². The van der Waals surface area contributed by atoms with Crippen LogP contribution >= 0.6 is 0 Å². The van der Waals surface area contributed by atoms with Gasteiger partial charge in [-0.15, -0.1) is 0 Å². The molecule has 0 aliphatic carbocycles. The quantitative estimate of drug-likeness (QED) is 0.804. The third-order valence-corrected chi connectivity index (χ3v) is 3.28. The fourth-order valence-electron chi connectivity index (χ4n) is 2.17. The summed E-state index contributed by atoms with van der Waals surface area (Å²) in [4.78, 5) is 1.44. The average molecular weight is 286 g/mol. The summed E-state index contributed by atoms with van der Waals surface area (Å²) in [5, 5.41) is 0. The van der Waals surface area contributed by atoms with Crippen molar-refractivity contribution in [2.45, 2.75) is 13.5 Å². The van der Waals surface area contributed by atoms with Gasteiger partial charge >= 0.3 is 0 Å². The van der Waals surface area contributed by atoms with Gasteiger partial charge in [0.1, 0.15) is 31.2 Å². The molecular formula is C18H24NO2+. The van der Waals surface area contributed by atoms with Crippen LogP contribution in [0, 0.1) is 0 Å². The number of nitrogens with one attached hydrogen (secondary N) is 1. The van der Waals surface area contributed by atoms with Crippen molar-refractivity contribution in [3.05, 3.63) is 60.2 Å². The van der Waals surface area contributed by atoms with E-state index in [9.17, 15) is 0 Å². The Hall–Kier alpha value is -2.00. The standard InChI is InChI=1S/C18H23NO2/c1-3-20-17-9-11-18(12-10-17)21-14-13-19(2)15-16-7-5-4-6-8-16/h4-12H,3,13-15H2,1-2H3/p+1. The molecule has 0 saturated carbocycles. The minimum absolute atomic E-state index is 0.688. The molecule has 2 aromatic rings. The maximum Gasteiger partial charge on any atom is 0.137 e. The van der Waals surface area contributed by atoms with Gasteiger partial charge in [0.05, 0.1) is 13.7 Å². The first-order valence-corrected chi connectivity index (χ1v) is 7.49. The summed E-state index contributed by atoms with van der Waals surface area (Å²) in [7, 11) is 2.19. The van der Waals surface area contributed by atoms with Crippen LogP contribution in [0.4, 0.5) is 0 Å². The van der Waals surface area contributed by atoms with E-state index in [2.05, 4.69) is 31.3 Å². The monoisotopic (exact) mass is 286 g/mol. The molecule has 112 valence electrons. The van der Waals surface area contributed by atoms with Gasteiger partial charge in [-0.05, 0) is 31.2 Å². The molecule has 2 aromatic carbocycles. The summed E-state index contributed by atoms with van der Waals surface area (Å²) < 4.78 is 11.2. The lowest BCUT2D eigenvalue weighted by molar-refractivity contribution is -0.893. The van der Waals surface area contributed by atoms with Crippen molar-refractivity contribution < 1.29 is 14.4 Å². The zero-order chi connectivity index (χ0) is 14.9. The number of hydrogen-bond donors (Lipinski definition) is 1. The molecule has 0 saturated heterocycles. The summed E-state index contributed by atoms with van der Waals surface area (Å²) in [6, 6.07) is 18.3. The van der Waals surface area contributed by atoms with Crippen molar-refractivity contribution in [3.63, 3.8) is 0 Å². The van der Waals surface area contributed by atoms with Gasteiger partial charge in [-0.1, -0.05) is 30.3 Å². The molecule has 0 aromatic heterocycles. The molecule has 2 rings (SSSR count). The van der Waals surface area contributed by atoms with E-state index in [1.807, 2.05) is 37.3 Å². The second kappa shape index (κ2) is 8.32. The summed E-state index contributed by atoms with van der Waals surface area (Å²) >= 11 is 0. The Morgan fingerprint density at radius 1 is 0.857 bits per heavy atom. The second-order valence-corrected chi connectivity index (χ2v) is 5.12. The van der Waals surface area contributed by atoms with Crippen LogP contribution < -0.4 is 14.4 Å². The highest BCUT2D eigenvalue weighted by Gasteiger charge is 2.04. The Bertz CT molecular complexity index is 511. The van der Waals surface area contributed by atoms with Gasteiger partial charge in [0.25, 0.3) is 0 Å². The molecule has 21 heavy (non-hydrogen) atoms. The van der Waals surface area contributed by atoms with Gasteiger partial charge in [0, 0.05) is 5.56 Å². The second-order valence-electron chi connectivity index (χ2n) is 5.12. The van der Waals surface area contributed by atoms with Crippen LogP contribution in [0.15, 0.2) is 54.6 Å². The van der Waals surface area contributed by atoms with Gasteiger partial charge in [0.15, 0.2) is 0 Å². The Morgan fingerprint density at radius 3 is 2.10 bits per heavy atom. The molecule has 0 aliphatic rings. The fourth-order valence-corrected chi connectivity index (χ4v) is 2.17. The van der Waals surface area contributed by atoms with E-state index in [4.69, 9.17) is 9.47 Å². The molecular weight excluding hydrogens is 262 g/mol. The number of likely N-dealkylation sites (N-methyl/N-ethyl adjacent to an activating group) is 1. The van der Waals surface area contributed by atoms with Crippen LogP contribution in [0.5, 0.6) is 11.5 Å². The van der Waals surface area contributed by atoms with Gasteiger partial charge in [-0.3, -0.25) is 0 Å². The van der Waals surface area contributed by atoms with Gasteiger partial charge in [-0.2, -0.15) is 0 Å². The van der Waals surface area contributed by atoms with Crippen LogP contribution in [-0.2, 0) is 6.54 Å². The van der Waals surface area contributed by atoms with Gasteiger partial charge in [0.2, 0.25) is 0 Å². The van der Waals surface area contributed by atoms with Crippen molar-refractivity contribution in [2.75, 3.05) is 26.8 Å². The number of benzene rings is 2. The van der Waals surface area contributed by atoms with E-state index in [1.54, 1.807) is 0 Å². The van der Waals surface area contributed by atoms with Crippen LogP contribution in [0.25, 0.3) is 0 Å². The first-order valence-electron chi connectivity index (χ1n) is 7.49. The number of ether oxygens (including phenoxy) is 2. The smallest absolute Gasteiger partial charge is 0.137 e. The molecule has 1 N–H and O–H groups in total. The molecule has 1 atom stereocenters. The highest BCUT2D eigenvalue weighted by Crippen LogP contribution is 2.17. The molecule has 3 nitrogen and oxygen atoms in total. The van der Waals surface area contributed by atoms with E-state index in [0.29, 0.717) is 13.2 Å². The lowest BCUT2D eigenvalue weighted by Gasteiger charge is -2.14. The molecule has 0 heterocycles. The molecule has 0 aliphatic heterocycles. The Balaban J connectivity index is 1.71. The van der Waals surface area contributed by atoms with Crippen LogP contribution in [0.2, 0.25) is 0 Å². The van der Waals surface area contributed by atoms with E-state index in [1.165, 1.54) is 10.5 Å². The normalized spacial score (nSPS) is 11.9. The largest absolute Gasteiger partial charge is 0.494 e. The van der Waals surface area contributed by atoms with Crippen molar-refractivity contribution in [2.24, 2.45) is 0 Å². The highest BCUT2D eigenvalue weighted by atomic mass is 16.5. The molecule has 0 amide bonds. The summed E-state index contributed by atoms with van der Waals surface area (Å²) in [5.41, 5.74) is 1.36. The number of rotatable bonds is 8. The van der Waals surface area contributed by atoms with Crippen molar-refractivity contribution >= 4 is 0 Å². The molecule has 0 radical (unpaired) electrons. The SMILES string of the molecule is CCOc1ccc(OCC[NH+](C)Cc2ccccc2)cc1. The zero-order valence-corrected chi connectivity index (χ0v) is 12.8. The predicted octanol–water partition coefficient (Wildman–Crippen LogP) is 2.18. The van der Waals surface area contributed by atoms with Crippen LogP contribution in [0.3, 0.4) is 0 Å². The van der Waals surface area contributed by atoms with Crippen molar-refractivity contribution in [1.29, 1.82) is 0 Å². The van der Waals surface area contributed by atoms with Gasteiger partial charge in [-0.25, -0.2) is 0 Å². The molecule has 0 bridgehead atoms. The van der Waals surface area contributed by atoms with Crippen LogP contribution in [0.1, 0.15) is 12.5 Å². The average Bonchev–Trinajstić information content (AvgIpc) is 2.50. The maximum absolute atomic E-state index is 5.77. The van der Waals surface area contributed by atoms with E-state index < -0.39 is 0 Å². The molecule has 0 spiro atoms. The molecule has 1 unspecified atom stereocenters. The summed E-state index contributed by atoms with van der Waals surface area (Å²) in [6.45, 7) is 5.38. The number of quaternary nitrogens is 1. The summed E-state index contributed by atoms with van der Waals surface area (Å²) in [5.74, 6) is 1.78. The fraction of sp³-hybridized carbons (Fsp3) is 0.333. The topological polar surface area (TPSA) is 22.9 Å². The van der Waals surface area contributed by atoms with Crippen molar-refractivity contribution in [3.8, 4) is 11.5 Å². The Morgan fingerprint density at radius 2 is 1.48 bits per heavy atom. The zero-order valence-electron chi connectivity index (χ0n) is 12.8. The molecule has 0 fully saturated rings. The van der Waals surface area contributed by atoms with E-state index in [0.717, 1.165) is 24.6 Å². The predicted molar refractivity (Wildman–Crippen MR) is 85.0 cm³/mol. The van der Waals surface area contributed by atoms with Crippen LogP contribution in [-0.4, -0.2) is 26.8 Å². The summed E-state index contributed by atoms with van der Waals surface area (Å²) in [6.07, 6.45) is 0. The molecule has 3 heteroatoms. The first-order chi connectivity index (χ1) is 10.3. The van der Waals surface area contributed by atoms with Gasteiger partial charge < -0.3 is 14.4 Å². The Labute approximate surface area is 127 Å². The third-order valence-electron chi connectivity index (χ3n) is 3.28. The van der Waals surface area contributed by atoms with E-state index in [-0.39, 0.29) is 0 Å². The van der Waals surface area contributed by atoms with E-state index >= 15 is 0 Å². The first kappa shape index (κ1) is 15.4. The Kier molecular flexibility index (Phi) is 6.10. The maximum atomic E-state index is 5.77. The third kappa shape index (κ3) is 5.48.